The van der Waals surface area contributed by atoms with E-state index in [1.54, 1.807) is 26.2 Å². The number of nitrogens with zero attached hydrogens (tertiary/aromatic N) is 5. The van der Waals surface area contributed by atoms with E-state index in [4.69, 9.17) is 0 Å². The van der Waals surface area contributed by atoms with Crippen molar-refractivity contribution in [3.8, 4) is 11.1 Å². The molecule has 2 amide bonds. The molecule has 2 aromatic carbocycles. The summed E-state index contributed by atoms with van der Waals surface area (Å²) in [6.45, 7) is 3.85. The molecule has 3 heterocycles. The van der Waals surface area contributed by atoms with Crippen LogP contribution in [-0.4, -0.2) is 56.2 Å². The van der Waals surface area contributed by atoms with Gasteiger partial charge in [-0.2, -0.15) is 0 Å². The molecule has 8 nitrogen and oxygen atoms in total. The number of hydrogen-bond acceptors (Lipinski definition) is 5. The molecule has 0 unspecified atom stereocenters. The van der Waals surface area contributed by atoms with Gasteiger partial charge in [0, 0.05) is 54.6 Å². The summed E-state index contributed by atoms with van der Waals surface area (Å²) in [6.07, 6.45) is 9.75. The quantitative estimate of drug-likeness (QED) is 0.323. The topological polar surface area (TPSA) is 92.5 Å². The Labute approximate surface area is 233 Å². The fourth-order valence-electron chi connectivity index (χ4n) is 5.40. The number of hydrogen-bond donors (Lipinski definition) is 1. The van der Waals surface area contributed by atoms with Gasteiger partial charge in [-0.3, -0.25) is 19.0 Å². The summed E-state index contributed by atoms with van der Waals surface area (Å²) in [5, 5.41) is 4.03. The zero-order valence-corrected chi connectivity index (χ0v) is 23.1. The van der Waals surface area contributed by atoms with Gasteiger partial charge < -0.3 is 10.2 Å². The largest absolute Gasteiger partial charge is 0.347 e. The highest BCUT2D eigenvalue weighted by atomic mass is 16.2. The number of imidazole rings is 1. The van der Waals surface area contributed by atoms with E-state index in [2.05, 4.69) is 55.1 Å². The van der Waals surface area contributed by atoms with Gasteiger partial charge in [0.25, 0.3) is 5.91 Å². The predicted molar refractivity (Wildman–Crippen MR) is 155 cm³/mol. The van der Waals surface area contributed by atoms with E-state index in [9.17, 15) is 9.59 Å². The van der Waals surface area contributed by atoms with Crippen molar-refractivity contribution in [2.24, 2.45) is 5.92 Å². The van der Waals surface area contributed by atoms with Crippen LogP contribution >= 0.6 is 0 Å². The van der Waals surface area contributed by atoms with Crippen LogP contribution in [0.2, 0.25) is 0 Å². The first-order valence-electron chi connectivity index (χ1n) is 13.6. The van der Waals surface area contributed by atoms with Gasteiger partial charge >= 0.3 is 0 Å². The van der Waals surface area contributed by atoms with Gasteiger partial charge in [0.15, 0.2) is 0 Å². The number of carbonyl (C=O) groups is 2. The van der Waals surface area contributed by atoms with Crippen molar-refractivity contribution in [2.45, 2.75) is 38.1 Å². The molecule has 5 aromatic rings. The van der Waals surface area contributed by atoms with Crippen LogP contribution in [0.1, 0.15) is 48.3 Å². The molecule has 1 fully saturated rings. The number of nitrogens with one attached hydrogen (secondary N) is 1. The number of aromatic nitrogens is 4. The van der Waals surface area contributed by atoms with Crippen LogP contribution in [0.4, 0.5) is 0 Å². The lowest BCUT2D eigenvalue weighted by Gasteiger charge is -2.24. The summed E-state index contributed by atoms with van der Waals surface area (Å²) in [6, 6.07) is 17.4. The maximum atomic E-state index is 12.9. The van der Waals surface area contributed by atoms with Gasteiger partial charge in [0.05, 0.1) is 17.4 Å². The Bertz CT molecular complexity index is 1730. The third-order valence-electron chi connectivity index (χ3n) is 7.90. The normalized spacial score (nSPS) is 14.8. The van der Waals surface area contributed by atoms with E-state index in [1.165, 1.54) is 10.5 Å². The van der Waals surface area contributed by atoms with Gasteiger partial charge in [0.2, 0.25) is 11.7 Å². The lowest BCUT2D eigenvalue weighted by Crippen LogP contribution is -2.49. The molecule has 0 radical (unpaired) electrons. The Kier molecular flexibility index (Phi) is 6.33. The number of carbonyl (C=O) groups excluding carboxylic acids is 2. The highest BCUT2D eigenvalue weighted by molar-refractivity contribution is 5.98. The second-order valence-electron chi connectivity index (χ2n) is 11.2. The molecule has 3 aromatic heterocycles. The molecule has 1 N–H and O–H groups in total. The summed E-state index contributed by atoms with van der Waals surface area (Å²) < 4.78 is 2.09. The van der Waals surface area contributed by atoms with Gasteiger partial charge in [-0.15, -0.1) is 0 Å². The van der Waals surface area contributed by atoms with Crippen LogP contribution in [0.3, 0.4) is 0 Å². The van der Waals surface area contributed by atoms with Crippen molar-refractivity contribution in [3.05, 3.63) is 96.2 Å². The SMILES string of the molecule is CC(C)[C@@H](NC(=O)c1ccc(-c2cnc3ncc(C4(c5ccc6ncccc6c5)CC4)n3c2)cc1)C(=O)N(C)C. The number of pyridine rings is 1. The molecule has 1 atom stereocenters. The Balaban J connectivity index is 1.28. The maximum Gasteiger partial charge on any atom is 0.251 e. The molecule has 202 valence electrons. The first kappa shape index (κ1) is 25.7. The minimum Gasteiger partial charge on any atom is -0.347 e. The molecular weight excluding hydrogens is 500 g/mol. The lowest BCUT2D eigenvalue weighted by atomic mass is 9.91. The third-order valence-corrected chi connectivity index (χ3v) is 7.90. The van der Waals surface area contributed by atoms with Crippen LogP contribution in [0.15, 0.2) is 79.4 Å². The van der Waals surface area contributed by atoms with Crippen molar-refractivity contribution >= 4 is 28.5 Å². The Morgan fingerprint density at radius 2 is 1.70 bits per heavy atom. The Hall–Kier alpha value is -4.59. The molecule has 40 heavy (non-hydrogen) atoms. The Morgan fingerprint density at radius 3 is 2.40 bits per heavy atom. The fourth-order valence-corrected chi connectivity index (χ4v) is 5.40. The van der Waals surface area contributed by atoms with E-state index in [-0.39, 0.29) is 23.1 Å². The number of fused-ring (bicyclic) bond motifs is 2. The van der Waals surface area contributed by atoms with Crippen molar-refractivity contribution in [2.75, 3.05) is 14.1 Å². The van der Waals surface area contributed by atoms with E-state index >= 15 is 0 Å². The summed E-state index contributed by atoms with van der Waals surface area (Å²) in [4.78, 5) is 40.7. The van der Waals surface area contributed by atoms with Crippen molar-refractivity contribution in [3.63, 3.8) is 0 Å². The van der Waals surface area contributed by atoms with Crippen LogP contribution in [-0.2, 0) is 10.2 Å². The van der Waals surface area contributed by atoms with Crippen LogP contribution in [0.5, 0.6) is 0 Å². The maximum absolute atomic E-state index is 12.9. The number of benzene rings is 2. The summed E-state index contributed by atoms with van der Waals surface area (Å²) in [5.74, 6) is 0.242. The summed E-state index contributed by atoms with van der Waals surface area (Å²) in [5.41, 5.74) is 5.66. The van der Waals surface area contributed by atoms with Crippen molar-refractivity contribution < 1.29 is 9.59 Å². The summed E-state index contributed by atoms with van der Waals surface area (Å²) >= 11 is 0. The van der Waals surface area contributed by atoms with Crippen LogP contribution in [0.25, 0.3) is 27.8 Å². The monoisotopic (exact) mass is 532 g/mol. The lowest BCUT2D eigenvalue weighted by molar-refractivity contribution is -0.131. The molecule has 1 saturated carbocycles. The van der Waals surface area contributed by atoms with Gasteiger partial charge in [-0.25, -0.2) is 9.97 Å². The third kappa shape index (κ3) is 4.49. The Morgan fingerprint density at radius 1 is 0.950 bits per heavy atom. The molecule has 0 bridgehead atoms. The highest BCUT2D eigenvalue weighted by Crippen LogP contribution is 2.53. The number of likely N-dealkylation sites (N-methyl/N-ethyl adjacent to an activating group) is 1. The second-order valence-corrected chi connectivity index (χ2v) is 11.2. The average Bonchev–Trinajstić information content (AvgIpc) is 3.66. The zero-order valence-electron chi connectivity index (χ0n) is 23.1. The summed E-state index contributed by atoms with van der Waals surface area (Å²) in [7, 11) is 3.39. The second kappa shape index (κ2) is 9.86. The van der Waals surface area contributed by atoms with E-state index in [0.29, 0.717) is 11.3 Å². The zero-order chi connectivity index (χ0) is 28.0. The molecule has 1 aliphatic rings. The molecule has 0 saturated heterocycles. The molecule has 0 spiro atoms. The van der Waals surface area contributed by atoms with Crippen LogP contribution in [0, 0.1) is 5.92 Å². The number of rotatable bonds is 7. The standard InChI is InChI=1S/C32H32N6O2/c1-20(2)28(30(40)37(3)4)36-29(39)22-9-7-21(8-10-22)24-17-34-31-35-18-27(38(31)19-24)32(13-14-32)25-11-12-26-23(16-25)6-5-15-33-26/h5-12,15-20,28H,13-14H2,1-4H3,(H,36,39)/t28-/m1/s1. The van der Waals surface area contributed by atoms with Crippen LogP contribution < -0.4 is 5.32 Å². The minimum absolute atomic E-state index is 0.0265. The minimum atomic E-state index is -0.581. The first-order valence-corrected chi connectivity index (χ1v) is 13.6. The first-order chi connectivity index (χ1) is 19.3. The molecule has 8 heteroatoms. The van der Waals surface area contributed by atoms with E-state index < -0.39 is 6.04 Å². The smallest absolute Gasteiger partial charge is 0.251 e. The molecule has 1 aliphatic carbocycles. The predicted octanol–water partition coefficient (Wildman–Crippen LogP) is 4.87. The van der Waals surface area contributed by atoms with Crippen molar-refractivity contribution in [1.82, 2.24) is 29.6 Å². The number of amides is 2. The van der Waals surface area contributed by atoms with Gasteiger partial charge in [-0.1, -0.05) is 38.1 Å². The average molecular weight is 533 g/mol. The highest BCUT2D eigenvalue weighted by Gasteiger charge is 2.48. The van der Waals surface area contributed by atoms with E-state index in [1.807, 2.05) is 50.6 Å². The molecule has 0 aliphatic heterocycles. The van der Waals surface area contributed by atoms with Crippen molar-refractivity contribution in [1.29, 1.82) is 0 Å². The van der Waals surface area contributed by atoms with E-state index in [0.717, 1.165) is 40.6 Å². The fraction of sp³-hybridized carbons (Fsp3) is 0.281. The molecule has 6 rings (SSSR count). The van der Waals surface area contributed by atoms with Gasteiger partial charge in [0.1, 0.15) is 6.04 Å². The molecular formula is C32H32N6O2. The van der Waals surface area contributed by atoms with Gasteiger partial charge in [-0.05, 0) is 60.2 Å².